The van der Waals surface area contributed by atoms with Crippen molar-refractivity contribution in [3.8, 4) is 11.5 Å². The summed E-state index contributed by atoms with van der Waals surface area (Å²) < 4.78 is 14.0. The summed E-state index contributed by atoms with van der Waals surface area (Å²) in [6, 6.07) is 19.2. The Morgan fingerprint density at radius 2 is 1.63 bits per heavy atom. The number of halogens is 2. The van der Waals surface area contributed by atoms with Crippen LogP contribution >= 0.6 is 45.2 Å². The fourth-order valence-corrected chi connectivity index (χ4v) is 4.71. The monoisotopic (exact) mass is 694 g/mol. The Morgan fingerprint density at radius 1 is 0.943 bits per heavy atom. The van der Waals surface area contributed by atoms with E-state index in [-0.39, 0.29) is 18.1 Å². The molecule has 1 aliphatic heterocycles. The van der Waals surface area contributed by atoms with E-state index in [0.29, 0.717) is 24.7 Å². The summed E-state index contributed by atoms with van der Waals surface area (Å²) in [5, 5.41) is 2.69. The van der Waals surface area contributed by atoms with E-state index in [0.717, 1.165) is 25.8 Å². The Kier molecular flexibility index (Phi) is 8.32. The number of carbonyl (C=O) groups is 2. The highest BCUT2D eigenvalue weighted by Crippen LogP contribution is 2.36. The predicted molar refractivity (Wildman–Crippen MR) is 152 cm³/mol. The van der Waals surface area contributed by atoms with E-state index in [1.54, 1.807) is 6.08 Å². The number of nitrogens with one attached hydrogen (secondary N) is 1. The number of rotatable bonds is 8. The minimum atomic E-state index is -0.431. The molecular formula is C27H24I2N2O4. The second-order valence-electron chi connectivity index (χ2n) is 8.04. The van der Waals surface area contributed by atoms with Crippen LogP contribution in [0, 0.1) is 14.1 Å². The lowest BCUT2D eigenvalue weighted by atomic mass is 10.1. The van der Waals surface area contributed by atoms with Crippen molar-refractivity contribution in [2.24, 2.45) is 0 Å². The molecule has 3 aromatic carbocycles. The number of ether oxygens (including phenoxy) is 2. The number of aryl methyl sites for hydroxylation is 1. The Balaban J connectivity index is 1.54. The van der Waals surface area contributed by atoms with Crippen LogP contribution in [-0.4, -0.2) is 23.4 Å². The van der Waals surface area contributed by atoms with Crippen molar-refractivity contribution in [1.29, 1.82) is 0 Å². The van der Waals surface area contributed by atoms with Crippen LogP contribution in [0.4, 0.5) is 4.79 Å². The van der Waals surface area contributed by atoms with E-state index in [9.17, 15) is 9.59 Å². The number of hydrogen-bond acceptors (Lipinski definition) is 4. The first-order chi connectivity index (χ1) is 16.8. The molecule has 8 heteroatoms. The minimum Gasteiger partial charge on any atom is -0.490 e. The van der Waals surface area contributed by atoms with Crippen LogP contribution in [0.1, 0.15) is 29.2 Å². The Hall–Kier alpha value is -2.60. The molecular weight excluding hydrogens is 670 g/mol. The molecule has 1 heterocycles. The number of amides is 3. The van der Waals surface area contributed by atoms with Gasteiger partial charge in [0, 0.05) is 3.57 Å². The number of urea groups is 1. The lowest BCUT2D eigenvalue weighted by molar-refractivity contribution is -0.123. The first-order valence-electron chi connectivity index (χ1n) is 11.1. The van der Waals surface area contributed by atoms with Gasteiger partial charge in [-0.1, -0.05) is 42.0 Å². The molecule has 3 amide bonds. The first kappa shape index (κ1) is 25.5. The van der Waals surface area contributed by atoms with Crippen LogP contribution in [0.2, 0.25) is 0 Å². The molecule has 6 nitrogen and oxygen atoms in total. The van der Waals surface area contributed by atoms with Gasteiger partial charge in [-0.15, -0.1) is 0 Å². The molecule has 0 radical (unpaired) electrons. The molecule has 180 valence electrons. The zero-order chi connectivity index (χ0) is 24.9. The molecule has 1 N–H and O–H groups in total. The topological polar surface area (TPSA) is 67.9 Å². The normalized spacial score (nSPS) is 14.4. The molecule has 0 saturated carbocycles. The maximum atomic E-state index is 13.0. The highest BCUT2D eigenvalue weighted by atomic mass is 127. The number of benzene rings is 3. The molecule has 0 bridgehead atoms. The van der Waals surface area contributed by atoms with E-state index in [1.165, 1.54) is 8.47 Å². The molecule has 35 heavy (non-hydrogen) atoms. The minimum absolute atomic E-state index is 0.218. The summed E-state index contributed by atoms with van der Waals surface area (Å²) in [4.78, 5) is 26.7. The number of carbonyl (C=O) groups excluding carboxylic acids is 2. The molecule has 4 rings (SSSR count). The summed E-state index contributed by atoms with van der Waals surface area (Å²) in [6.07, 6.45) is 1.67. The van der Waals surface area contributed by atoms with E-state index in [2.05, 4.69) is 50.5 Å². The summed E-state index contributed by atoms with van der Waals surface area (Å²) in [7, 11) is 0. The molecule has 0 unspecified atom stereocenters. The van der Waals surface area contributed by atoms with Gasteiger partial charge in [0.1, 0.15) is 12.3 Å². The van der Waals surface area contributed by atoms with Crippen LogP contribution < -0.4 is 14.8 Å². The third kappa shape index (κ3) is 6.35. The maximum absolute atomic E-state index is 13.0. The number of hydrogen-bond donors (Lipinski definition) is 1. The molecule has 1 aliphatic rings. The second-order valence-corrected chi connectivity index (χ2v) is 10.5. The van der Waals surface area contributed by atoms with E-state index in [4.69, 9.17) is 9.47 Å². The lowest BCUT2D eigenvalue weighted by Crippen LogP contribution is -2.30. The molecule has 1 saturated heterocycles. The van der Waals surface area contributed by atoms with Gasteiger partial charge in [-0.25, -0.2) is 4.79 Å². The molecule has 1 fully saturated rings. The van der Waals surface area contributed by atoms with Crippen molar-refractivity contribution >= 4 is 63.2 Å². The van der Waals surface area contributed by atoms with Gasteiger partial charge in [0.05, 0.1) is 16.7 Å². The Bertz CT molecular complexity index is 1270. The SMILES string of the molecule is CCOc1cc(/C=C2/NC(=O)N(Cc3ccc(C)cc3)C2=O)cc(I)c1OCc1ccc(I)cc1. The van der Waals surface area contributed by atoms with Crippen molar-refractivity contribution in [2.45, 2.75) is 27.0 Å². The van der Waals surface area contributed by atoms with E-state index >= 15 is 0 Å². The Labute approximate surface area is 232 Å². The zero-order valence-electron chi connectivity index (χ0n) is 19.3. The van der Waals surface area contributed by atoms with Crippen molar-refractivity contribution in [3.63, 3.8) is 0 Å². The summed E-state index contributed by atoms with van der Waals surface area (Å²) in [5.74, 6) is 0.878. The van der Waals surface area contributed by atoms with Crippen LogP contribution in [0.15, 0.2) is 66.4 Å². The van der Waals surface area contributed by atoms with Crippen LogP contribution in [0.5, 0.6) is 11.5 Å². The van der Waals surface area contributed by atoms with Gasteiger partial charge in [0.15, 0.2) is 11.5 Å². The number of imide groups is 1. The quantitative estimate of drug-likeness (QED) is 0.172. The zero-order valence-corrected chi connectivity index (χ0v) is 23.6. The summed E-state index contributed by atoms with van der Waals surface area (Å²) in [5.41, 5.74) is 4.04. The highest BCUT2D eigenvalue weighted by Gasteiger charge is 2.33. The largest absolute Gasteiger partial charge is 0.490 e. The van der Waals surface area contributed by atoms with Gasteiger partial charge in [0.2, 0.25) is 0 Å². The molecule has 0 aromatic heterocycles. The average molecular weight is 694 g/mol. The predicted octanol–water partition coefficient (Wildman–Crippen LogP) is 6.27. The van der Waals surface area contributed by atoms with E-state index in [1.807, 2.05) is 74.5 Å². The molecule has 0 spiro atoms. The fourth-order valence-electron chi connectivity index (χ4n) is 3.57. The molecule has 3 aromatic rings. The van der Waals surface area contributed by atoms with Crippen LogP contribution in [-0.2, 0) is 17.9 Å². The highest BCUT2D eigenvalue weighted by molar-refractivity contribution is 14.1. The average Bonchev–Trinajstić information content (AvgIpc) is 3.08. The van der Waals surface area contributed by atoms with Crippen LogP contribution in [0.3, 0.4) is 0 Å². The van der Waals surface area contributed by atoms with Crippen molar-refractivity contribution in [1.82, 2.24) is 10.2 Å². The maximum Gasteiger partial charge on any atom is 0.329 e. The third-order valence-corrected chi connectivity index (χ3v) is 6.88. The van der Waals surface area contributed by atoms with Gasteiger partial charge in [-0.3, -0.25) is 9.69 Å². The standard InChI is InChI=1S/C27H24I2N2O4/c1-3-34-24-14-20(12-22(29)25(24)35-16-19-8-10-21(28)11-9-19)13-23-26(32)31(27(33)30-23)15-18-6-4-17(2)5-7-18/h4-14H,3,15-16H2,1-2H3,(H,30,33)/b23-13+. The summed E-state index contributed by atoms with van der Waals surface area (Å²) >= 11 is 4.47. The molecule has 0 aliphatic carbocycles. The van der Waals surface area contributed by atoms with Gasteiger partial charge in [-0.2, -0.15) is 0 Å². The van der Waals surface area contributed by atoms with Crippen molar-refractivity contribution in [2.75, 3.05) is 6.61 Å². The van der Waals surface area contributed by atoms with E-state index < -0.39 is 6.03 Å². The van der Waals surface area contributed by atoms with Gasteiger partial charge >= 0.3 is 6.03 Å². The summed E-state index contributed by atoms with van der Waals surface area (Å²) in [6.45, 7) is 5.00. The first-order valence-corrected chi connectivity index (χ1v) is 13.2. The van der Waals surface area contributed by atoms with Gasteiger partial charge in [-0.05, 0) is 106 Å². The van der Waals surface area contributed by atoms with Crippen LogP contribution in [0.25, 0.3) is 6.08 Å². The second kappa shape index (κ2) is 11.4. The number of nitrogens with zero attached hydrogens (tertiary/aromatic N) is 1. The third-order valence-electron chi connectivity index (χ3n) is 5.36. The van der Waals surface area contributed by atoms with Crippen molar-refractivity contribution < 1.29 is 19.1 Å². The fraction of sp³-hybridized carbons (Fsp3) is 0.185. The van der Waals surface area contributed by atoms with Gasteiger partial charge in [0.25, 0.3) is 5.91 Å². The molecule has 0 atom stereocenters. The lowest BCUT2D eigenvalue weighted by Gasteiger charge is -2.15. The Morgan fingerprint density at radius 3 is 2.31 bits per heavy atom. The van der Waals surface area contributed by atoms with Crippen molar-refractivity contribution in [3.05, 3.63) is 95.8 Å². The smallest absolute Gasteiger partial charge is 0.329 e. The van der Waals surface area contributed by atoms with Gasteiger partial charge < -0.3 is 14.8 Å².